The maximum atomic E-state index is 12.5. The first-order chi connectivity index (χ1) is 12.3. The van der Waals surface area contributed by atoms with Crippen LogP contribution < -0.4 is 5.32 Å². The van der Waals surface area contributed by atoms with Gasteiger partial charge in [0.1, 0.15) is 0 Å². The van der Waals surface area contributed by atoms with Crippen LogP contribution in [0.5, 0.6) is 0 Å². The topological polar surface area (TPSA) is 49.6 Å². The van der Waals surface area contributed by atoms with Crippen molar-refractivity contribution < 1.29 is 4.79 Å². The Morgan fingerprint density at radius 3 is 2.76 bits per heavy atom. The Kier molecular flexibility index (Phi) is 4.48. The molecule has 3 aromatic rings. The first-order valence-corrected chi connectivity index (χ1v) is 8.77. The monoisotopic (exact) mass is 334 g/mol. The molecule has 0 radical (unpaired) electrons. The summed E-state index contributed by atoms with van der Waals surface area (Å²) in [6.07, 6.45) is 7.36. The molecule has 3 heterocycles. The van der Waals surface area contributed by atoms with E-state index < -0.39 is 0 Å². The lowest BCUT2D eigenvalue weighted by atomic mass is 10.0. The molecule has 2 aromatic heterocycles. The largest absolute Gasteiger partial charge is 0.349 e. The van der Waals surface area contributed by atoms with Crippen LogP contribution in [0.15, 0.2) is 61.2 Å². The summed E-state index contributed by atoms with van der Waals surface area (Å²) in [5.74, 6) is 0.00482. The number of piperidine rings is 1. The summed E-state index contributed by atoms with van der Waals surface area (Å²) >= 11 is 0. The first kappa shape index (κ1) is 15.8. The zero-order valence-electron chi connectivity index (χ0n) is 14.1. The number of aromatic nitrogens is 2. The molecule has 0 atom stereocenters. The number of nitrogens with one attached hydrogen (secondary N) is 1. The van der Waals surface area contributed by atoms with E-state index in [-0.39, 0.29) is 11.9 Å². The predicted octanol–water partition coefficient (Wildman–Crippen LogP) is 2.73. The molecule has 1 amide bonds. The number of hydrogen-bond donors (Lipinski definition) is 1. The number of hydrogen-bond acceptors (Lipinski definition) is 3. The van der Waals surface area contributed by atoms with Gasteiger partial charge in [0, 0.05) is 37.4 Å². The van der Waals surface area contributed by atoms with Crippen molar-refractivity contribution in [3.05, 3.63) is 72.3 Å². The summed E-state index contributed by atoms with van der Waals surface area (Å²) in [5.41, 5.74) is 2.98. The quantitative estimate of drug-likeness (QED) is 0.798. The van der Waals surface area contributed by atoms with Crippen LogP contribution in [0.2, 0.25) is 0 Å². The van der Waals surface area contributed by atoms with Crippen LogP contribution in [-0.2, 0) is 6.54 Å². The van der Waals surface area contributed by atoms with Gasteiger partial charge in [0.15, 0.2) is 0 Å². The molecule has 0 unspecified atom stereocenters. The number of pyridine rings is 1. The molecular formula is C20H22N4O. The average Bonchev–Trinajstić information content (AvgIpc) is 3.12. The lowest BCUT2D eigenvalue weighted by molar-refractivity contribution is 0.0909. The number of carbonyl (C=O) groups excluding carboxylic acids is 1. The Bertz CT molecular complexity index is 850. The van der Waals surface area contributed by atoms with E-state index in [9.17, 15) is 4.79 Å². The molecule has 0 bridgehead atoms. The van der Waals surface area contributed by atoms with Crippen LogP contribution in [0.25, 0.3) is 5.52 Å². The van der Waals surface area contributed by atoms with Crippen molar-refractivity contribution in [2.24, 2.45) is 0 Å². The van der Waals surface area contributed by atoms with Crippen molar-refractivity contribution >= 4 is 11.4 Å². The third-order valence-electron chi connectivity index (χ3n) is 4.85. The van der Waals surface area contributed by atoms with Gasteiger partial charge in [0.05, 0.1) is 18.0 Å². The van der Waals surface area contributed by atoms with Crippen LogP contribution in [0.4, 0.5) is 0 Å². The van der Waals surface area contributed by atoms with Crippen LogP contribution in [0.1, 0.15) is 28.8 Å². The highest BCUT2D eigenvalue weighted by Crippen LogP contribution is 2.15. The molecule has 25 heavy (non-hydrogen) atoms. The van der Waals surface area contributed by atoms with Crippen molar-refractivity contribution in [2.45, 2.75) is 25.4 Å². The molecule has 1 aromatic carbocycles. The van der Waals surface area contributed by atoms with Gasteiger partial charge in [-0.15, -0.1) is 0 Å². The second-order valence-electron chi connectivity index (χ2n) is 6.65. The van der Waals surface area contributed by atoms with Crippen molar-refractivity contribution in [3.63, 3.8) is 0 Å². The first-order valence-electron chi connectivity index (χ1n) is 8.77. The van der Waals surface area contributed by atoms with Crippen LogP contribution in [-0.4, -0.2) is 39.3 Å². The number of amides is 1. The van der Waals surface area contributed by atoms with Gasteiger partial charge in [-0.3, -0.25) is 9.69 Å². The standard InChI is InChI=1S/C20H22N4O/c25-20(17-6-11-24-15-21-13-19(24)12-17)22-18-7-9-23(10-8-18)14-16-4-2-1-3-5-16/h1-6,11-13,15,18H,7-10,14H2,(H,22,25). The lowest BCUT2D eigenvalue weighted by Gasteiger charge is -2.32. The maximum absolute atomic E-state index is 12.5. The minimum absolute atomic E-state index is 0.00482. The Morgan fingerprint density at radius 1 is 1.16 bits per heavy atom. The van der Waals surface area contributed by atoms with Gasteiger partial charge in [-0.25, -0.2) is 4.98 Å². The van der Waals surface area contributed by atoms with Crippen molar-refractivity contribution in [1.29, 1.82) is 0 Å². The molecule has 4 rings (SSSR count). The van der Waals surface area contributed by atoms with Crippen LogP contribution in [0, 0.1) is 0 Å². The Labute approximate surface area is 147 Å². The van der Waals surface area contributed by atoms with Gasteiger partial charge in [-0.2, -0.15) is 0 Å². The molecular weight excluding hydrogens is 312 g/mol. The molecule has 1 N–H and O–H groups in total. The maximum Gasteiger partial charge on any atom is 0.251 e. The van der Waals surface area contributed by atoms with Crippen molar-refractivity contribution in [3.8, 4) is 0 Å². The zero-order valence-corrected chi connectivity index (χ0v) is 14.1. The van der Waals surface area contributed by atoms with Crippen molar-refractivity contribution in [1.82, 2.24) is 19.6 Å². The van der Waals surface area contributed by atoms with Gasteiger partial charge in [-0.05, 0) is 30.5 Å². The summed E-state index contributed by atoms with van der Waals surface area (Å²) in [6, 6.07) is 14.5. The third-order valence-corrected chi connectivity index (χ3v) is 4.85. The number of carbonyl (C=O) groups is 1. The Morgan fingerprint density at radius 2 is 1.96 bits per heavy atom. The van der Waals surface area contributed by atoms with E-state index in [1.807, 2.05) is 28.8 Å². The molecule has 5 nitrogen and oxygen atoms in total. The second-order valence-corrected chi connectivity index (χ2v) is 6.65. The van der Waals surface area contributed by atoms with E-state index in [4.69, 9.17) is 0 Å². The van der Waals surface area contributed by atoms with Gasteiger partial charge < -0.3 is 9.72 Å². The van der Waals surface area contributed by atoms with Gasteiger partial charge in [-0.1, -0.05) is 30.3 Å². The van der Waals surface area contributed by atoms with Crippen LogP contribution in [0.3, 0.4) is 0 Å². The Balaban J connectivity index is 1.31. The summed E-state index contributed by atoms with van der Waals surface area (Å²) in [6.45, 7) is 3.02. The lowest BCUT2D eigenvalue weighted by Crippen LogP contribution is -2.44. The smallest absolute Gasteiger partial charge is 0.251 e. The van der Waals surface area contributed by atoms with Gasteiger partial charge in [0.25, 0.3) is 5.91 Å². The average molecular weight is 334 g/mol. The molecule has 1 aliphatic rings. The fourth-order valence-corrected chi connectivity index (χ4v) is 3.41. The fourth-order valence-electron chi connectivity index (χ4n) is 3.41. The number of fused-ring (bicyclic) bond motifs is 1. The molecule has 128 valence electrons. The minimum atomic E-state index is 0.00482. The number of benzene rings is 1. The van der Waals surface area contributed by atoms with E-state index in [2.05, 4.69) is 39.5 Å². The van der Waals surface area contributed by atoms with E-state index in [0.29, 0.717) is 5.56 Å². The summed E-state index contributed by atoms with van der Waals surface area (Å²) in [4.78, 5) is 19.0. The predicted molar refractivity (Wildman–Crippen MR) is 97.4 cm³/mol. The van der Waals surface area contributed by atoms with Crippen LogP contribution >= 0.6 is 0 Å². The van der Waals surface area contributed by atoms with E-state index in [1.165, 1.54) is 5.56 Å². The van der Waals surface area contributed by atoms with Gasteiger partial charge in [0.2, 0.25) is 0 Å². The number of likely N-dealkylation sites (tertiary alicyclic amines) is 1. The Hall–Kier alpha value is -2.66. The van der Waals surface area contributed by atoms with Gasteiger partial charge >= 0.3 is 0 Å². The molecule has 5 heteroatoms. The molecule has 1 fully saturated rings. The summed E-state index contributed by atoms with van der Waals surface area (Å²) < 4.78 is 1.90. The molecule has 0 spiro atoms. The zero-order chi connectivity index (χ0) is 17.1. The number of rotatable bonds is 4. The van der Waals surface area contributed by atoms with E-state index >= 15 is 0 Å². The molecule has 1 saturated heterocycles. The highest BCUT2D eigenvalue weighted by molar-refractivity contribution is 5.95. The molecule has 0 aliphatic carbocycles. The highest BCUT2D eigenvalue weighted by atomic mass is 16.1. The number of imidazole rings is 1. The summed E-state index contributed by atoms with van der Waals surface area (Å²) in [5, 5.41) is 3.18. The highest BCUT2D eigenvalue weighted by Gasteiger charge is 2.21. The summed E-state index contributed by atoms with van der Waals surface area (Å²) in [7, 11) is 0. The SMILES string of the molecule is O=C(NC1CCN(Cc2ccccc2)CC1)c1ccn2cncc2c1. The second kappa shape index (κ2) is 7.07. The fraction of sp³-hybridized carbons (Fsp3) is 0.300. The van der Waals surface area contributed by atoms with E-state index in [1.54, 1.807) is 12.5 Å². The van der Waals surface area contributed by atoms with E-state index in [0.717, 1.165) is 38.0 Å². The minimum Gasteiger partial charge on any atom is -0.349 e. The molecule has 0 saturated carbocycles. The third kappa shape index (κ3) is 3.72. The van der Waals surface area contributed by atoms with Crippen molar-refractivity contribution in [2.75, 3.05) is 13.1 Å². The normalized spacial score (nSPS) is 16.2. The number of nitrogens with zero attached hydrogens (tertiary/aromatic N) is 3. The molecule has 1 aliphatic heterocycles.